The van der Waals surface area contributed by atoms with Crippen LogP contribution in [-0.2, 0) is 4.79 Å². The Labute approximate surface area is 163 Å². The highest BCUT2D eigenvalue weighted by atomic mass is 19.1. The van der Waals surface area contributed by atoms with Crippen LogP contribution in [0.15, 0.2) is 24.5 Å². The first-order valence-corrected chi connectivity index (χ1v) is 10.2. The molecule has 1 aromatic heterocycles. The second kappa shape index (κ2) is 6.04. The van der Waals surface area contributed by atoms with Gasteiger partial charge in [-0.2, -0.15) is 5.26 Å². The summed E-state index contributed by atoms with van der Waals surface area (Å²) in [6.45, 7) is 3.62. The normalized spacial score (nSPS) is 37.0. The van der Waals surface area contributed by atoms with E-state index in [4.69, 9.17) is 5.26 Å². The van der Waals surface area contributed by atoms with E-state index in [1.165, 1.54) is 0 Å². The number of nitriles is 1. The summed E-state index contributed by atoms with van der Waals surface area (Å²) in [5.41, 5.74) is 1.49. The first kappa shape index (κ1) is 17.7. The van der Waals surface area contributed by atoms with Crippen molar-refractivity contribution in [2.24, 2.45) is 23.7 Å². The molecular weight excluding hydrogens is 355 g/mol. The Morgan fingerprint density at radius 3 is 2.75 bits per heavy atom. The molecule has 2 aromatic rings. The van der Waals surface area contributed by atoms with Gasteiger partial charge in [0.1, 0.15) is 5.67 Å². The summed E-state index contributed by atoms with van der Waals surface area (Å²) < 4.78 is 15.8. The molecule has 6 heteroatoms. The zero-order valence-corrected chi connectivity index (χ0v) is 16.2. The van der Waals surface area contributed by atoms with Crippen molar-refractivity contribution in [3.8, 4) is 6.07 Å². The molecule has 0 aliphatic heterocycles. The topological polar surface area (TPSA) is 70.7 Å². The van der Waals surface area contributed by atoms with Crippen LogP contribution in [0, 0.1) is 35.0 Å². The number of imidazole rings is 1. The van der Waals surface area contributed by atoms with Crippen molar-refractivity contribution in [2.75, 3.05) is 0 Å². The minimum atomic E-state index is -1.11. The van der Waals surface area contributed by atoms with Crippen molar-refractivity contribution in [1.29, 1.82) is 5.26 Å². The molecule has 1 amide bonds. The maximum atomic E-state index is 13.6. The monoisotopic (exact) mass is 380 g/mol. The van der Waals surface area contributed by atoms with Crippen molar-refractivity contribution in [3.05, 3.63) is 30.1 Å². The van der Waals surface area contributed by atoms with Crippen LogP contribution in [-0.4, -0.2) is 27.2 Å². The number of hydrogen-bond donors (Lipinski definition) is 1. The van der Waals surface area contributed by atoms with Crippen LogP contribution >= 0.6 is 0 Å². The number of carbonyl (C=O) groups is 1. The Kier molecular flexibility index (Phi) is 3.81. The molecule has 3 fully saturated rings. The van der Waals surface area contributed by atoms with Crippen molar-refractivity contribution in [1.82, 2.24) is 14.9 Å². The molecule has 0 spiro atoms. The SMILES string of the molecule is CC(C(=O)NC1CC(C)(F)C1)C1[C@H]2CC(n3cnc4ccc(C#N)cc43)C[C@@H]12. The van der Waals surface area contributed by atoms with Gasteiger partial charge in [0.2, 0.25) is 5.91 Å². The molecule has 0 bridgehead atoms. The highest BCUT2D eigenvalue weighted by Gasteiger charge is 2.59. The molecule has 1 N–H and O–H groups in total. The van der Waals surface area contributed by atoms with E-state index in [-0.39, 0.29) is 17.9 Å². The standard InChI is InChI=1S/C22H25FN4O/c1-12(21(28)26-14-8-22(2,23)9-14)20-16-6-15(7-17(16)20)27-11-25-18-4-3-13(10-24)5-19(18)27/h3-5,11-12,14-17,20H,6-9H2,1-2H3,(H,26,28)/t12?,14?,15?,16-,17+,20?,22?. The van der Waals surface area contributed by atoms with E-state index in [1.54, 1.807) is 13.0 Å². The summed E-state index contributed by atoms with van der Waals surface area (Å²) in [5, 5.41) is 12.2. The number of rotatable bonds is 4. The summed E-state index contributed by atoms with van der Waals surface area (Å²) in [4.78, 5) is 17.0. The fourth-order valence-electron chi connectivity index (χ4n) is 5.80. The predicted molar refractivity (Wildman–Crippen MR) is 103 cm³/mol. The molecule has 5 rings (SSSR count). The molecule has 1 aromatic carbocycles. The third-order valence-electron chi connectivity index (χ3n) is 7.26. The maximum Gasteiger partial charge on any atom is 0.223 e. The summed E-state index contributed by atoms with van der Waals surface area (Å²) in [5.74, 6) is 1.68. The number of aromatic nitrogens is 2. The highest BCUT2D eigenvalue weighted by Crippen LogP contribution is 2.64. The molecule has 0 radical (unpaired) electrons. The van der Waals surface area contributed by atoms with Gasteiger partial charge >= 0.3 is 0 Å². The van der Waals surface area contributed by atoms with E-state index >= 15 is 0 Å². The number of halogens is 1. The van der Waals surface area contributed by atoms with E-state index in [9.17, 15) is 9.18 Å². The lowest BCUT2D eigenvalue weighted by atomic mass is 9.78. The van der Waals surface area contributed by atoms with Crippen molar-refractivity contribution < 1.29 is 9.18 Å². The van der Waals surface area contributed by atoms with Gasteiger partial charge in [0.25, 0.3) is 0 Å². The van der Waals surface area contributed by atoms with Gasteiger partial charge in [0.15, 0.2) is 0 Å². The zero-order chi connectivity index (χ0) is 19.6. The number of benzene rings is 1. The lowest BCUT2D eigenvalue weighted by Gasteiger charge is -2.39. The van der Waals surface area contributed by atoms with E-state index in [0.717, 1.165) is 23.9 Å². The Hall–Kier alpha value is -2.42. The minimum absolute atomic E-state index is 0.00272. The van der Waals surface area contributed by atoms with Crippen molar-refractivity contribution >= 4 is 16.9 Å². The molecule has 146 valence electrons. The molecule has 1 heterocycles. The van der Waals surface area contributed by atoms with E-state index in [0.29, 0.717) is 42.2 Å². The summed E-state index contributed by atoms with van der Waals surface area (Å²) in [6.07, 6.45) is 4.87. The van der Waals surface area contributed by atoms with Gasteiger partial charge in [0, 0.05) is 30.8 Å². The van der Waals surface area contributed by atoms with Crippen LogP contribution in [0.5, 0.6) is 0 Å². The molecule has 28 heavy (non-hydrogen) atoms. The first-order valence-electron chi connectivity index (χ1n) is 10.2. The van der Waals surface area contributed by atoms with Gasteiger partial charge in [0.05, 0.1) is 29.0 Å². The van der Waals surface area contributed by atoms with Gasteiger partial charge in [-0.3, -0.25) is 4.79 Å². The van der Waals surface area contributed by atoms with Crippen molar-refractivity contribution in [3.63, 3.8) is 0 Å². The zero-order valence-electron chi connectivity index (χ0n) is 16.2. The molecule has 3 unspecified atom stereocenters. The molecule has 0 saturated heterocycles. The third kappa shape index (κ3) is 2.80. The van der Waals surface area contributed by atoms with E-state index < -0.39 is 5.67 Å². The van der Waals surface area contributed by atoms with Gasteiger partial charge < -0.3 is 9.88 Å². The summed E-state index contributed by atoms with van der Waals surface area (Å²) in [6, 6.07) is 8.21. The number of nitrogens with one attached hydrogen (secondary N) is 1. The van der Waals surface area contributed by atoms with Crippen LogP contribution in [0.1, 0.15) is 51.1 Å². The average Bonchev–Trinajstić information content (AvgIpc) is 2.98. The van der Waals surface area contributed by atoms with Crippen LogP contribution in [0.4, 0.5) is 4.39 Å². The Bertz CT molecular complexity index is 970. The molecule has 3 saturated carbocycles. The van der Waals surface area contributed by atoms with Gasteiger partial charge in [-0.15, -0.1) is 0 Å². The molecule has 5 atom stereocenters. The number of nitrogens with zero attached hydrogens (tertiary/aromatic N) is 3. The lowest BCUT2D eigenvalue weighted by Crippen LogP contribution is -2.52. The second-order valence-electron chi connectivity index (χ2n) is 9.31. The lowest BCUT2D eigenvalue weighted by molar-refractivity contribution is -0.127. The maximum absolute atomic E-state index is 13.6. The smallest absolute Gasteiger partial charge is 0.223 e. The number of hydrogen-bond acceptors (Lipinski definition) is 3. The quantitative estimate of drug-likeness (QED) is 0.878. The largest absolute Gasteiger partial charge is 0.353 e. The third-order valence-corrected chi connectivity index (χ3v) is 7.26. The van der Waals surface area contributed by atoms with E-state index in [2.05, 4.69) is 20.9 Å². The molecule has 3 aliphatic carbocycles. The summed E-state index contributed by atoms with van der Waals surface area (Å²) in [7, 11) is 0. The second-order valence-corrected chi connectivity index (χ2v) is 9.31. The summed E-state index contributed by atoms with van der Waals surface area (Å²) >= 11 is 0. The number of carbonyl (C=O) groups excluding carboxylic acids is 1. The first-order chi connectivity index (χ1) is 13.4. The number of alkyl halides is 1. The Morgan fingerprint density at radius 2 is 2.11 bits per heavy atom. The van der Waals surface area contributed by atoms with Gasteiger partial charge in [-0.25, -0.2) is 9.37 Å². The molecule has 3 aliphatic rings. The minimum Gasteiger partial charge on any atom is -0.353 e. The van der Waals surface area contributed by atoms with Crippen LogP contribution in [0.25, 0.3) is 11.0 Å². The Balaban J connectivity index is 1.22. The van der Waals surface area contributed by atoms with Gasteiger partial charge in [-0.05, 0) is 55.7 Å². The predicted octanol–water partition coefficient (Wildman–Crippen LogP) is 3.75. The number of amides is 1. The van der Waals surface area contributed by atoms with Crippen LogP contribution < -0.4 is 5.32 Å². The average molecular weight is 380 g/mol. The molecular formula is C22H25FN4O. The fraction of sp³-hybridized carbons (Fsp3) is 0.591. The fourth-order valence-corrected chi connectivity index (χ4v) is 5.80. The highest BCUT2D eigenvalue weighted by molar-refractivity contribution is 5.80. The van der Waals surface area contributed by atoms with Gasteiger partial charge in [-0.1, -0.05) is 6.92 Å². The van der Waals surface area contributed by atoms with Crippen LogP contribution in [0.2, 0.25) is 0 Å². The van der Waals surface area contributed by atoms with E-state index in [1.807, 2.05) is 25.4 Å². The van der Waals surface area contributed by atoms with Crippen molar-refractivity contribution in [2.45, 2.75) is 57.3 Å². The number of fused-ring (bicyclic) bond motifs is 2. The molecule has 5 nitrogen and oxygen atoms in total. The van der Waals surface area contributed by atoms with Crippen LogP contribution in [0.3, 0.4) is 0 Å². The Morgan fingerprint density at radius 1 is 1.39 bits per heavy atom.